The lowest BCUT2D eigenvalue weighted by Crippen LogP contribution is -2.14. The van der Waals surface area contributed by atoms with E-state index in [4.69, 9.17) is 0 Å². The molecule has 3 aromatic rings. The first-order valence-corrected chi connectivity index (χ1v) is 11.9. The molecule has 0 aliphatic heterocycles. The quantitative estimate of drug-likeness (QED) is 0.380. The maximum Gasteiger partial charge on any atom is 0.0251 e. The first kappa shape index (κ1) is 22.0. The van der Waals surface area contributed by atoms with Gasteiger partial charge in [0.15, 0.2) is 0 Å². The molecule has 4 rings (SSSR count). The van der Waals surface area contributed by atoms with Crippen molar-refractivity contribution < 1.29 is 0 Å². The summed E-state index contributed by atoms with van der Waals surface area (Å²) in [6.07, 6.45) is 6.77. The van der Waals surface area contributed by atoms with E-state index < -0.39 is 0 Å². The highest BCUT2D eigenvalue weighted by molar-refractivity contribution is 5.49. The zero-order chi connectivity index (χ0) is 22.3. The molecule has 3 aromatic carbocycles. The van der Waals surface area contributed by atoms with Crippen molar-refractivity contribution in [1.82, 2.24) is 0 Å². The number of rotatable bonds is 2. The van der Waals surface area contributed by atoms with E-state index in [2.05, 4.69) is 99.1 Å². The number of hydrogen-bond donors (Lipinski definition) is 0. The molecule has 0 N–H and O–H groups in total. The molecule has 0 bridgehead atoms. The van der Waals surface area contributed by atoms with E-state index in [-0.39, 0.29) is 0 Å². The van der Waals surface area contributed by atoms with Gasteiger partial charge in [0.1, 0.15) is 0 Å². The average molecular weight is 417 g/mol. The van der Waals surface area contributed by atoms with Crippen molar-refractivity contribution in [2.75, 3.05) is 0 Å². The fourth-order valence-electron chi connectivity index (χ4n) is 4.41. The van der Waals surface area contributed by atoms with E-state index >= 15 is 0 Å². The van der Waals surface area contributed by atoms with Crippen molar-refractivity contribution in [3.63, 3.8) is 0 Å². The molecule has 160 valence electrons. The molecule has 0 spiro atoms. The Kier molecular flexibility index (Phi) is 7.14. The van der Waals surface area contributed by atoms with Gasteiger partial charge in [0, 0.05) is 22.3 Å². The molecule has 0 saturated heterocycles. The van der Waals surface area contributed by atoms with Gasteiger partial charge in [-0.3, -0.25) is 0 Å². The number of hydrogen-bond acceptors (Lipinski definition) is 0. The molecule has 0 aromatic heterocycles. The lowest BCUT2D eigenvalue weighted by Gasteiger charge is -2.26. The van der Waals surface area contributed by atoms with Crippen molar-refractivity contribution in [2.24, 2.45) is 11.8 Å². The Bertz CT molecular complexity index is 1160. The van der Waals surface area contributed by atoms with Crippen molar-refractivity contribution in [1.29, 1.82) is 0 Å². The van der Waals surface area contributed by atoms with Crippen LogP contribution in [-0.2, 0) is 6.42 Å². The van der Waals surface area contributed by atoms with Gasteiger partial charge in [-0.2, -0.15) is 0 Å². The summed E-state index contributed by atoms with van der Waals surface area (Å²) in [5, 5.41) is 0. The van der Waals surface area contributed by atoms with Gasteiger partial charge in [-0.15, -0.1) is 0 Å². The SMILES string of the molecule is Cc1ccc(C#Cc2ccc(C#Cc3ccc(CC4CCC(C)CC4)c(C)c3)cc2)cc1. The fraction of sp³-hybridized carbons (Fsp3) is 0.312. The second kappa shape index (κ2) is 10.4. The standard InChI is InChI=1S/C32H32/c1-24-4-8-27(9-5-24)12-13-28-14-16-29(17-15-28)18-19-30-20-21-32(26(3)22-30)23-31-10-6-25(2)7-11-31/h4-5,8-9,14-17,20-22,25,31H,6-7,10-11,23H2,1-3H3. The Balaban J connectivity index is 1.39. The summed E-state index contributed by atoms with van der Waals surface area (Å²) in [5.41, 5.74) is 8.27. The predicted molar refractivity (Wildman–Crippen MR) is 136 cm³/mol. The summed E-state index contributed by atoms with van der Waals surface area (Å²) >= 11 is 0. The van der Waals surface area contributed by atoms with E-state index in [1.165, 1.54) is 48.8 Å². The zero-order valence-corrected chi connectivity index (χ0v) is 19.5. The first-order chi connectivity index (χ1) is 15.5. The predicted octanol–water partition coefficient (Wildman–Crippen LogP) is 7.47. The van der Waals surface area contributed by atoms with Crippen LogP contribution in [0.1, 0.15) is 71.6 Å². The molecule has 0 unspecified atom stereocenters. The normalized spacial score (nSPS) is 17.6. The van der Waals surface area contributed by atoms with Gasteiger partial charge in [0.25, 0.3) is 0 Å². The molecule has 32 heavy (non-hydrogen) atoms. The van der Waals surface area contributed by atoms with Gasteiger partial charge in [0.2, 0.25) is 0 Å². The summed E-state index contributed by atoms with van der Waals surface area (Å²) in [6, 6.07) is 23.2. The monoisotopic (exact) mass is 416 g/mol. The molecule has 1 aliphatic rings. The fourth-order valence-corrected chi connectivity index (χ4v) is 4.41. The summed E-state index contributed by atoms with van der Waals surface area (Å²) in [7, 11) is 0. The van der Waals surface area contributed by atoms with Crippen LogP contribution in [-0.4, -0.2) is 0 Å². The number of aryl methyl sites for hydroxylation is 2. The van der Waals surface area contributed by atoms with E-state index in [9.17, 15) is 0 Å². The molecular weight excluding hydrogens is 384 g/mol. The summed E-state index contributed by atoms with van der Waals surface area (Å²) in [4.78, 5) is 0. The third kappa shape index (κ3) is 6.15. The molecule has 0 heterocycles. The molecule has 1 aliphatic carbocycles. The van der Waals surface area contributed by atoms with E-state index in [0.29, 0.717) is 0 Å². The molecule has 0 atom stereocenters. The molecule has 1 fully saturated rings. The molecule has 0 nitrogen and oxygen atoms in total. The number of benzene rings is 3. The second-order valence-corrected chi connectivity index (χ2v) is 9.41. The van der Waals surface area contributed by atoms with Gasteiger partial charge >= 0.3 is 0 Å². The zero-order valence-electron chi connectivity index (χ0n) is 19.5. The van der Waals surface area contributed by atoms with Gasteiger partial charge in [0.05, 0.1) is 0 Å². The van der Waals surface area contributed by atoms with E-state index in [1.54, 1.807) is 0 Å². The summed E-state index contributed by atoms with van der Waals surface area (Å²) < 4.78 is 0. The van der Waals surface area contributed by atoms with Crippen LogP contribution < -0.4 is 0 Å². The van der Waals surface area contributed by atoms with Crippen LogP contribution in [0.3, 0.4) is 0 Å². The maximum absolute atomic E-state index is 3.33. The van der Waals surface area contributed by atoms with E-state index in [1.807, 2.05) is 12.1 Å². The largest absolute Gasteiger partial charge is 0.0625 e. The van der Waals surface area contributed by atoms with Crippen LogP contribution >= 0.6 is 0 Å². The molecule has 0 radical (unpaired) electrons. The van der Waals surface area contributed by atoms with Crippen LogP contribution in [0.5, 0.6) is 0 Å². The maximum atomic E-state index is 3.33. The van der Waals surface area contributed by atoms with Gasteiger partial charge in [-0.1, -0.05) is 67.2 Å². The Morgan fingerprint density at radius 3 is 1.62 bits per heavy atom. The van der Waals surface area contributed by atoms with Crippen molar-refractivity contribution in [2.45, 2.75) is 52.9 Å². The average Bonchev–Trinajstić information content (AvgIpc) is 2.81. The lowest BCUT2D eigenvalue weighted by atomic mass is 9.79. The van der Waals surface area contributed by atoms with Crippen LogP contribution in [0.4, 0.5) is 0 Å². The highest BCUT2D eigenvalue weighted by Crippen LogP contribution is 2.31. The van der Waals surface area contributed by atoms with Crippen LogP contribution in [0.25, 0.3) is 0 Å². The summed E-state index contributed by atoms with van der Waals surface area (Å²) in [5.74, 6) is 14.9. The third-order valence-electron chi connectivity index (χ3n) is 6.63. The van der Waals surface area contributed by atoms with Crippen molar-refractivity contribution in [3.05, 3.63) is 106 Å². The minimum absolute atomic E-state index is 0.856. The second-order valence-electron chi connectivity index (χ2n) is 9.41. The lowest BCUT2D eigenvalue weighted by molar-refractivity contribution is 0.288. The van der Waals surface area contributed by atoms with Crippen molar-refractivity contribution >= 4 is 0 Å². The smallest absolute Gasteiger partial charge is 0.0251 e. The van der Waals surface area contributed by atoms with Crippen LogP contribution in [0.15, 0.2) is 66.7 Å². The Labute approximate surface area is 194 Å². The van der Waals surface area contributed by atoms with Gasteiger partial charge < -0.3 is 0 Å². The first-order valence-electron chi connectivity index (χ1n) is 11.9. The summed E-state index contributed by atoms with van der Waals surface area (Å²) in [6.45, 7) is 6.71. The Morgan fingerprint density at radius 2 is 1.09 bits per heavy atom. The molecule has 1 saturated carbocycles. The highest BCUT2D eigenvalue weighted by Gasteiger charge is 2.18. The Hall–Kier alpha value is -3.22. The van der Waals surface area contributed by atoms with E-state index in [0.717, 1.165) is 34.1 Å². The minimum Gasteiger partial charge on any atom is -0.0625 e. The molecule has 0 amide bonds. The third-order valence-corrected chi connectivity index (χ3v) is 6.63. The van der Waals surface area contributed by atoms with Gasteiger partial charge in [-0.25, -0.2) is 0 Å². The Morgan fingerprint density at radius 1 is 0.625 bits per heavy atom. The molecular formula is C32H32. The van der Waals surface area contributed by atoms with Gasteiger partial charge in [-0.05, 0) is 105 Å². The highest BCUT2D eigenvalue weighted by atomic mass is 14.2. The van der Waals surface area contributed by atoms with Crippen molar-refractivity contribution in [3.8, 4) is 23.7 Å². The molecule has 0 heteroatoms. The topological polar surface area (TPSA) is 0 Å². The van der Waals surface area contributed by atoms with Crippen LogP contribution in [0, 0.1) is 49.4 Å². The van der Waals surface area contributed by atoms with Crippen LogP contribution in [0.2, 0.25) is 0 Å². The minimum atomic E-state index is 0.856.